The molecule has 1 aromatic rings. The van der Waals surface area contributed by atoms with Crippen molar-refractivity contribution in [3.8, 4) is 0 Å². The van der Waals surface area contributed by atoms with Crippen LogP contribution < -0.4 is 5.73 Å². The standard InChI is InChI=1S/C15H24N2OS/c1-18-15(9-4-2-3-5-10-15)14-17-13-11(16)7-6-8-12(13)19-14/h11H,2-10,16H2,1H3. The molecule has 1 fully saturated rings. The molecule has 1 saturated carbocycles. The molecule has 0 aromatic carbocycles. The molecule has 0 saturated heterocycles. The zero-order valence-electron chi connectivity index (χ0n) is 11.8. The molecule has 0 radical (unpaired) electrons. The number of thiazole rings is 1. The van der Waals surface area contributed by atoms with E-state index >= 15 is 0 Å². The molecule has 106 valence electrons. The summed E-state index contributed by atoms with van der Waals surface area (Å²) in [5.41, 5.74) is 7.24. The number of ether oxygens (including phenoxy) is 1. The van der Waals surface area contributed by atoms with Crippen molar-refractivity contribution >= 4 is 11.3 Å². The maximum Gasteiger partial charge on any atom is 0.125 e. The molecule has 0 spiro atoms. The molecule has 3 nitrogen and oxygen atoms in total. The lowest BCUT2D eigenvalue weighted by atomic mass is 9.94. The first-order valence-electron chi connectivity index (χ1n) is 7.56. The molecular formula is C15H24N2OS. The molecule has 0 amide bonds. The summed E-state index contributed by atoms with van der Waals surface area (Å²) >= 11 is 1.86. The van der Waals surface area contributed by atoms with Gasteiger partial charge in [-0.1, -0.05) is 25.7 Å². The Morgan fingerprint density at radius 3 is 2.58 bits per heavy atom. The van der Waals surface area contributed by atoms with Crippen molar-refractivity contribution in [1.29, 1.82) is 0 Å². The van der Waals surface area contributed by atoms with Crippen LogP contribution in [0.25, 0.3) is 0 Å². The van der Waals surface area contributed by atoms with Gasteiger partial charge in [-0.25, -0.2) is 4.98 Å². The van der Waals surface area contributed by atoms with Crippen molar-refractivity contribution in [3.05, 3.63) is 15.6 Å². The second kappa shape index (κ2) is 5.51. The summed E-state index contributed by atoms with van der Waals surface area (Å²) in [6.07, 6.45) is 10.8. The Hall–Kier alpha value is -0.450. The Bertz CT molecular complexity index is 435. The SMILES string of the molecule is COC1(c2nc3c(s2)CCCC3N)CCCCCC1. The molecule has 2 aliphatic carbocycles. The Morgan fingerprint density at radius 2 is 1.95 bits per heavy atom. The van der Waals surface area contributed by atoms with E-state index in [9.17, 15) is 0 Å². The summed E-state index contributed by atoms with van der Waals surface area (Å²) in [4.78, 5) is 6.32. The smallest absolute Gasteiger partial charge is 0.125 e. The van der Waals surface area contributed by atoms with Gasteiger partial charge in [0.15, 0.2) is 0 Å². The van der Waals surface area contributed by atoms with Gasteiger partial charge in [-0.05, 0) is 32.1 Å². The minimum Gasteiger partial charge on any atom is -0.371 e. The summed E-state index contributed by atoms with van der Waals surface area (Å²) < 4.78 is 5.96. The van der Waals surface area contributed by atoms with E-state index in [1.807, 2.05) is 18.4 Å². The molecule has 2 aliphatic rings. The highest BCUT2D eigenvalue weighted by Gasteiger charge is 2.37. The highest BCUT2D eigenvalue weighted by Crippen LogP contribution is 2.43. The zero-order chi connectivity index (χ0) is 13.3. The lowest BCUT2D eigenvalue weighted by Crippen LogP contribution is -2.28. The molecule has 1 atom stereocenters. The highest BCUT2D eigenvalue weighted by atomic mass is 32.1. The Labute approximate surface area is 119 Å². The van der Waals surface area contributed by atoms with Crippen LogP contribution in [0.1, 0.15) is 73.0 Å². The Kier molecular flexibility index (Phi) is 3.92. The first kappa shape index (κ1) is 13.5. The molecule has 0 bridgehead atoms. The van der Waals surface area contributed by atoms with Gasteiger partial charge in [0.25, 0.3) is 0 Å². The fourth-order valence-electron chi connectivity index (χ4n) is 3.45. The van der Waals surface area contributed by atoms with Crippen LogP contribution in [-0.4, -0.2) is 12.1 Å². The van der Waals surface area contributed by atoms with Crippen LogP contribution in [0.4, 0.5) is 0 Å². The molecule has 1 heterocycles. The number of methoxy groups -OCH3 is 1. The monoisotopic (exact) mass is 280 g/mol. The van der Waals surface area contributed by atoms with Crippen molar-refractivity contribution in [1.82, 2.24) is 4.98 Å². The first-order valence-corrected chi connectivity index (χ1v) is 8.38. The third kappa shape index (κ3) is 2.46. The van der Waals surface area contributed by atoms with Crippen molar-refractivity contribution < 1.29 is 4.74 Å². The molecule has 1 aromatic heterocycles. The van der Waals surface area contributed by atoms with Crippen LogP contribution in [-0.2, 0) is 16.8 Å². The van der Waals surface area contributed by atoms with E-state index in [0.29, 0.717) is 0 Å². The number of hydrogen-bond donors (Lipinski definition) is 1. The van der Waals surface area contributed by atoms with Crippen molar-refractivity contribution in [2.45, 2.75) is 69.4 Å². The zero-order valence-corrected chi connectivity index (χ0v) is 12.6. The van der Waals surface area contributed by atoms with Gasteiger partial charge in [0.2, 0.25) is 0 Å². The van der Waals surface area contributed by atoms with E-state index < -0.39 is 0 Å². The number of fused-ring (bicyclic) bond motifs is 1. The van der Waals surface area contributed by atoms with E-state index in [4.69, 9.17) is 15.5 Å². The van der Waals surface area contributed by atoms with E-state index in [0.717, 1.165) is 31.4 Å². The fourth-order valence-corrected chi connectivity index (χ4v) is 4.85. The lowest BCUT2D eigenvalue weighted by Gasteiger charge is -2.29. The molecule has 19 heavy (non-hydrogen) atoms. The number of nitrogens with two attached hydrogens (primary N) is 1. The maximum atomic E-state index is 6.21. The second-order valence-corrected chi connectivity index (χ2v) is 7.02. The van der Waals surface area contributed by atoms with Crippen molar-refractivity contribution in [3.63, 3.8) is 0 Å². The van der Waals surface area contributed by atoms with Crippen LogP contribution in [0.2, 0.25) is 0 Å². The molecule has 2 N–H and O–H groups in total. The van der Waals surface area contributed by atoms with E-state index in [2.05, 4.69) is 0 Å². The lowest BCUT2D eigenvalue weighted by molar-refractivity contribution is -0.0281. The van der Waals surface area contributed by atoms with E-state index in [1.54, 1.807) is 0 Å². The third-order valence-electron chi connectivity index (χ3n) is 4.69. The van der Waals surface area contributed by atoms with Crippen LogP contribution in [0.15, 0.2) is 0 Å². The Morgan fingerprint density at radius 1 is 1.21 bits per heavy atom. The third-order valence-corrected chi connectivity index (χ3v) is 6.01. The number of aryl methyl sites for hydroxylation is 1. The van der Waals surface area contributed by atoms with Gasteiger partial charge in [-0.15, -0.1) is 11.3 Å². The van der Waals surface area contributed by atoms with Gasteiger partial charge in [-0.3, -0.25) is 0 Å². The molecular weight excluding hydrogens is 256 g/mol. The summed E-state index contributed by atoms with van der Waals surface area (Å²) in [6.45, 7) is 0. The molecule has 4 heteroatoms. The first-order chi connectivity index (χ1) is 9.25. The average Bonchev–Trinajstić information content (AvgIpc) is 2.72. The van der Waals surface area contributed by atoms with Gasteiger partial charge in [-0.2, -0.15) is 0 Å². The summed E-state index contributed by atoms with van der Waals surface area (Å²) in [7, 11) is 1.85. The molecule has 0 aliphatic heterocycles. The average molecular weight is 280 g/mol. The number of rotatable bonds is 2. The summed E-state index contributed by atoms with van der Waals surface area (Å²) in [5.74, 6) is 0. The van der Waals surface area contributed by atoms with E-state index in [-0.39, 0.29) is 11.6 Å². The van der Waals surface area contributed by atoms with Gasteiger partial charge in [0.05, 0.1) is 5.69 Å². The van der Waals surface area contributed by atoms with Crippen LogP contribution in [0, 0.1) is 0 Å². The van der Waals surface area contributed by atoms with E-state index in [1.165, 1.54) is 42.0 Å². The van der Waals surface area contributed by atoms with Gasteiger partial charge < -0.3 is 10.5 Å². The largest absolute Gasteiger partial charge is 0.371 e. The van der Waals surface area contributed by atoms with Crippen LogP contribution >= 0.6 is 11.3 Å². The fraction of sp³-hybridized carbons (Fsp3) is 0.800. The molecule has 1 unspecified atom stereocenters. The summed E-state index contributed by atoms with van der Waals surface area (Å²) in [6, 6.07) is 0.147. The number of hydrogen-bond acceptors (Lipinski definition) is 4. The normalized spacial score (nSPS) is 26.7. The van der Waals surface area contributed by atoms with Crippen molar-refractivity contribution in [2.24, 2.45) is 5.73 Å². The minimum absolute atomic E-state index is 0.127. The highest BCUT2D eigenvalue weighted by molar-refractivity contribution is 7.11. The maximum absolute atomic E-state index is 6.21. The Balaban J connectivity index is 1.95. The van der Waals surface area contributed by atoms with Crippen LogP contribution in [0.3, 0.4) is 0 Å². The van der Waals surface area contributed by atoms with Gasteiger partial charge in [0, 0.05) is 18.0 Å². The van der Waals surface area contributed by atoms with Crippen LogP contribution in [0.5, 0.6) is 0 Å². The van der Waals surface area contributed by atoms with Crippen molar-refractivity contribution in [2.75, 3.05) is 7.11 Å². The van der Waals surface area contributed by atoms with Gasteiger partial charge >= 0.3 is 0 Å². The minimum atomic E-state index is -0.127. The number of nitrogens with zero attached hydrogens (tertiary/aromatic N) is 1. The topological polar surface area (TPSA) is 48.1 Å². The predicted octanol–water partition coefficient (Wildman–Crippen LogP) is 3.68. The predicted molar refractivity (Wildman–Crippen MR) is 78.4 cm³/mol. The molecule has 3 rings (SSSR count). The number of aromatic nitrogens is 1. The summed E-state index contributed by atoms with van der Waals surface area (Å²) in [5, 5.41) is 1.19. The quantitative estimate of drug-likeness (QED) is 0.841. The second-order valence-electron chi connectivity index (χ2n) is 5.94. The van der Waals surface area contributed by atoms with Gasteiger partial charge in [0.1, 0.15) is 10.6 Å².